The van der Waals surface area contributed by atoms with Crippen molar-refractivity contribution in [3.8, 4) is 11.1 Å². The van der Waals surface area contributed by atoms with Crippen molar-refractivity contribution in [3.05, 3.63) is 53.2 Å². The first kappa shape index (κ1) is 9.84. The Morgan fingerprint density at radius 2 is 2.00 bits per heavy atom. The van der Waals surface area contributed by atoms with E-state index in [-0.39, 0.29) is 5.56 Å². The minimum absolute atomic E-state index is 0.111. The Hall–Kier alpha value is -2.36. The van der Waals surface area contributed by atoms with E-state index in [1.54, 1.807) is 0 Å². The van der Waals surface area contributed by atoms with E-state index in [9.17, 15) is 4.79 Å². The van der Waals surface area contributed by atoms with Crippen molar-refractivity contribution in [1.82, 2.24) is 14.5 Å². The molecule has 0 aliphatic heterocycles. The fourth-order valence-corrected chi connectivity index (χ4v) is 2.07. The van der Waals surface area contributed by atoms with Gasteiger partial charge in [-0.2, -0.15) is 0 Å². The molecule has 0 bridgehead atoms. The first-order chi connectivity index (χ1) is 8.27. The van der Waals surface area contributed by atoms with Gasteiger partial charge in [-0.1, -0.05) is 30.3 Å². The number of aromatic nitrogens is 3. The van der Waals surface area contributed by atoms with E-state index in [0.29, 0.717) is 5.52 Å². The highest BCUT2D eigenvalue weighted by Gasteiger charge is 2.11. The van der Waals surface area contributed by atoms with Crippen molar-refractivity contribution in [2.75, 3.05) is 0 Å². The van der Waals surface area contributed by atoms with Gasteiger partial charge in [-0.05, 0) is 5.56 Å². The number of hydrogen-bond acceptors (Lipinski definition) is 2. The Kier molecular flexibility index (Phi) is 2.08. The molecule has 2 heterocycles. The van der Waals surface area contributed by atoms with Crippen LogP contribution >= 0.6 is 0 Å². The van der Waals surface area contributed by atoms with Gasteiger partial charge in [-0.15, -0.1) is 0 Å². The van der Waals surface area contributed by atoms with Gasteiger partial charge in [0.15, 0.2) is 0 Å². The number of benzene rings is 1. The van der Waals surface area contributed by atoms with Gasteiger partial charge in [-0.3, -0.25) is 4.79 Å². The average molecular weight is 225 g/mol. The number of nitrogens with zero attached hydrogens (tertiary/aromatic N) is 2. The Bertz CT molecular complexity index is 725. The lowest BCUT2D eigenvalue weighted by molar-refractivity contribution is 0.954. The molecule has 2 aromatic heterocycles. The van der Waals surface area contributed by atoms with Crippen molar-refractivity contribution in [3.63, 3.8) is 0 Å². The minimum Gasteiger partial charge on any atom is -0.344 e. The highest BCUT2D eigenvalue weighted by Crippen LogP contribution is 2.26. The van der Waals surface area contributed by atoms with Gasteiger partial charge in [0, 0.05) is 18.8 Å². The monoisotopic (exact) mass is 225 g/mol. The van der Waals surface area contributed by atoms with Gasteiger partial charge in [0.25, 0.3) is 5.56 Å². The van der Waals surface area contributed by atoms with Gasteiger partial charge < -0.3 is 9.55 Å². The first-order valence-corrected chi connectivity index (χ1v) is 5.35. The molecule has 0 saturated carbocycles. The summed E-state index contributed by atoms with van der Waals surface area (Å²) in [7, 11) is 1.85. The number of aromatic amines is 1. The molecule has 0 unspecified atom stereocenters. The molecule has 3 aromatic rings. The SMILES string of the molecule is Cn1cc(-c2ccccc2)c2nc[nH]c(=O)c21. The third-order valence-electron chi connectivity index (χ3n) is 2.84. The highest BCUT2D eigenvalue weighted by atomic mass is 16.1. The number of rotatable bonds is 1. The van der Waals surface area contributed by atoms with Crippen LogP contribution in [0.4, 0.5) is 0 Å². The van der Waals surface area contributed by atoms with E-state index < -0.39 is 0 Å². The predicted octanol–water partition coefficient (Wildman–Crippen LogP) is 1.93. The van der Waals surface area contributed by atoms with Crippen molar-refractivity contribution in [2.24, 2.45) is 7.05 Å². The molecule has 0 radical (unpaired) electrons. The van der Waals surface area contributed by atoms with Crippen molar-refractivity contribution in [1.29, 1.82) is 0 Å². The molecule has 0 amide bonds. The van der Waals surface area contributed by atoms with Crippen molar-refractivity contribution >= 4 is 11.0 Å². The summed E-state index contributed by atoms with van der Waals surface area (Å²) in [5.41, 5.74) is 3.28. The molecule has 0 aliphatic rings. The quantitative estimate of drug-likeness (QED) is 0.688. The van der Waals surface area contributed by atoms with Gasteiger partial charge in [0.2, 0.25) is 0 Å². The standard InChI is InChI=1S/C13H11N3O/c1-16-7-10(9-5-3-2-4-6-9)11-12(16)13(17)15-8-14-11/h2-8H,1H3,(H,14,15,17). The second-order valence-electron chi connectivity index (χ2n) is 3.95. The van der Waals surface area contributed by atoms with Crippen LogP contribution in [0, 0.1) is 0 Å². The predicted molar refractivity (Wildman–Crippen MR) is 66.8 cm³/mol. The summed E-state index contributed by atoms with van der Waals surface area (Å²) < 4.78 is 1.81. The summed E-state index contributed by atoms with van der Waals surface area (Å²) in [4.78, 5) is 18.6. The number of hydrogen-bond donors (Lipinski definition) is 1. The van der Waals surface area contributed by atoms with Gasteiger partial charge in [0.05, 0.1) is 6.33 Å². The van der Waals surface area contributed by atoms with Crippen LogP contribution in [0.2, 0.25) is 0 Å². The number of H-pyrrole nitrogens is 1. The molecule has 4 heteroatoms. The topological polar surface area (TPSA) is 50.7 Å². The molecule has 1 aromatic carbocycles. The smallest absolute Gasteiger partial charge is 0.275 e. The van der Waals surface area contributed by atoms with E-state index in [2.05, 4.69) is 9.97 Å². The Labute approximate surface area is 97.6 Å². The number of aryl methyl sites for hydroxylation is 1. The minimum atomic E-state index is -0.111. The van der Waals surface area contributed by atoms with E-state index in [1.807, 2.05) is 48.1 Å². The number of nitrogens with one attached hydrogen (secondary N) is 1. The summed E-state index contributed by atoms with van der Waals surface area (Å²) in [6.45, 7) is 0. The average Bonchev–Trinajstić information content (AvgIpc) is 2.69. The van der Waals surface area contributed by atoms with Gasteiger partial charge in [0.1, 0.15) is 11.0 Å². The molecule has 1 N–H and O–H groups in total. The van der Waals surface area contributed by atoms with Crippen LogP contribution in [-0.2, 0) is 7.05 Å². The summed E-state index contributed by atoms with van der Waals surface area (Å²) in [5.74, 6) is 0. The maximum atomic E-state index is 11.7. The zero-order valence-electron chi connectivity index (χ0n) is 9.34. The Morgan fingerprint density at radius 1 is 1.24 bits per heavy atom. The summed E-state index contributed by atoms with van der Waals surface area (Å²) in [6.07, 6.45) is 3.37. The van der Waals surface area contributed by atoms with Gasteiger partial charge >= 0.3 is 0 Å². The van der Waals surface area contributed by atoms with Crippen LogP contribution < -0.4 is 5.56 Å². The van der Waals surface area contributed by atoms with Crippen LogP contribution in [-0.4, -0.2) is 14.5 Å². The lowest BCUT2D eigenvalue weighted by Crippen LogP contribution is -2.08. The Morgan fingerprint density at radius 3 is 2.76 bits per heavy atom. The van der Waals surface area contributed by atoms with E-state index >= 15 is 0 Å². The van der Waals surface area contributed by atoms with Gasteiger partial charge in [-0.25, -0.2) is 4.98 Å². The molecule has 0 atom stereocenters. The van der Waals surface area contributed by atoms with Crippen LogP contribution in [0.3, 0.4) is 0 Å². The normalized spacial score (nSPS) is 10.9. The fraction of sp³-hybridized carbons (Fsp3) is 0.0769. The first-order valence-electron chi connectivity index (χ1n) is 5.35. The van der Waals surface area contributed by atoms with E-state index in [1.165, 1.54) is 6.33 Å². The second kappa shape index (κ2) is 3.59. The summed E-state index contributed by atoms with van der Waals surface area (Å²) >= 11 is 0. The highest BCUT2D eigenvalue weighted by molar-refractivity contribution is 5.92. The zero-order chi connectivity index (χ0) is 11.8. The largest absolute Gasteiger partial charge is 0.344 e. The van der Waals surface area contributed by atoms with E-state index in [4.69, 9.17) is 0 Å². The molecule has 84 valence electrons. The molecular formula is C13H11N3O. The molecule has 4 nitrogen and oxygen atoms in total. The lowest BCUT2D eigenvalue weighted by Gasteiger charge is -1.96. The number of fused-ring (bicyclic) bond motifs is 1. The summed E-state index contributed by atoms with van der Waals surface area (Å²) in [6, 6.07) is 9.94. The van der Waals surface area contributed by atoms with Crippen LogP contribution in [0.15, 0.2) is 47.7 Å². The Balaban J connectivity index is 2.40. The third-order valence-corrected chi connectivity index (χ3v) is 2.84. The molecule has 17 heavy (non-hydrogen) atoms. The van der Waals surface area contributed by atoms with Crippen LogP contribution in [0.5, 0.6) is 0 Å². The van der Waals surface area contributed by atoms with Crippen LogP contribution in [0.1, 0.15) is 0 Å². The van der Waals surface area contributed by atoms with Crippen molar-refractivity contribution in [2.45, 2.75) is 0 Å². The molecule has 3 rings (SSSR count). The maximum Gasteiger partial charge on any atom is 0.275 e. The third kappa shape index (κ3) is 1.45. The second-order valence-corrected chi connectivity index (χ2v) is 3.95. The van der Waals surface area contributed by atoms with Crippen LogP contribution in [0.25, 0.3) is 22.2 Å². The lowest BCUT2D eigenvalue weighted by atomic mass is 10.1. The zero-order valence-corrected chi connectivity index (χ0v) is 9.34. The van der Waals surface area contributed by atoms with E-state index in [0.717, 1.165) is 16.6 Å². The molecule has 0 spiro atoms. The summed E-state index contributed by atoms with van der Waals surface area (Å²) in [5, 5.41) is 0. The molecule has 0 fully saturated rings. The molecular weight excluding hydrogens is 214 g/mol. The molecule has 0 saturated heterocycles. The molecule has 0 aliphatic carbocycles. The maximum absolute atomic E-state index is 11.7. The van der Waals surface area contributed by atoms with Crippen molar-refractivity contribution < 1.29 is 0 Å². The fourth-order valence-electron chi connectivity index (χ4n) is 2.07.